The highest BCUT2D eigenvalue weighted by molar-refractivity contribution is 9.10. The Bertz CT molecular complexity index is 617. The lowest BCUT2D eigenvalue weighted by atomic mass is 10.1. The molecule has 0 bridgehead atoms. The maximum atomic E-state index is 11.6. The summed E-state index contributed by atoms with van der Waals surface area (Å²) in [6.07, 6.45) is 0. The van der Waals surface area contributed by atoms with Crippen LogP contribution >= 0.6 is 15.9 Å². The van der Waals surface area contributed by atoms with Crippen LogP contribution in [-0.4, -0.2) is 27.6 Å². The van der Waals surface area contributed by atoms with Crippen molar-refractivity contribution in [2.24, 2.45) is 5.73 Å². The molecular formula is C11H11BrN4O5. The first-order chi connectivity index (χ1) is 9.70. The first-order valence-corrected chi connectivity index (χ1v) is 6.47. The van der Waals surface area contributed by atoms with Gasteiger partial charge in [0.1, 0.15) is 0 Å². The lowest BCUT2D eigenvalue weighted by Gasteiger charge is -2.08. The predicted octanol–water partition coefficient (Wildman–Crippen LogP) is 1.13. The van der Waals surface area contributed by atoms with Crippen LogP contribution in [0.3, 0.4) is 0 Å². The van der Waals surface area contributed by atoms with Crippen LogP contribution < -0.4 is 16.4 Å². The normalized spacial score (nSPS) is 11.3. The van der Waals surface area contributed by atoms with Gasteiger partial charge in [0.25, 0.3) is 11.6 Å². The molecule has 0 saturated heterocycles. The second-order valence-corrected chi connectivity index (χ2v) is 5.32. The molecule has 0 fully saturated rings. The smallest absolute Gasteiger partial charge is 0.319 e. The minimum atomic E-state index is -1.09. The summed E-state index contributed by atoms with van der Waals surface area (Å²) in [5.74, 6) is -1.36. The van der Waals surface area contributed by atoms with Crippen molar-refractivity contribution in [2.75, 3.05) is 5.32 Å². The van der Waals surface area contributed by atoms with Crippen molar-refractivity contribution >= 4 is 45.2 Å². The lowest BCUT2D eigenvalue weighted by Crippen LogP contribution is -2.35. The number of hydrogen-bond donors (Lipinski definition) is 3. The number of carbonyl (C=O) groups is 3. The van der Waals surface area contributed by atoms with Crippen LogP contribution in [0, 0.1) is 10.1 Å². The van der Waals surface area contributed by atoms with E-state index in [1.54, 1.807) is 12.2 Å². The zero-order valence-electron chi connectivity index (χ0n) is 10.8. The Labute approximate surface area is 127 Å². The van der Waals surface area contributed by atoms with Crippen LogP contribution in [0.5, 0.6) is 0 Å². The Balaban J connectivity index is 3.17. The second-order valence-electron chi connectivity index (χ2n) is 3.95. The minimum Gasteiger partial charge on any atom is -0.351 e. The Morgan fingerprint density at radius 3 is 2.43 bits per heavy atom. The molecule has 1 aromatic carbocycles. The highest BCUT2D eigenvalue weighted by atomic mass is 79.9. The molecule has 4 amide bonds. The summed E-state index contributed by atoms with van der Waals surface area (Å²) >= 11 is 3.04. The standard InChI is InChI=1S/C11H11BrN4O5/c1-5(12)9(17)14-7-2-6(10(18)15-11(13)19)3-8(4-7)16(20)21/h2-5H,1H3,(H,14,17)(H3,13,15,18,19). The van der Waals surface area contributed by atoms with Crippen LogP contribution in [0.15, 0.2) is 18.2 Å². The van der Waals surface area contributed by atoms with Crippen molar-refractivity contribution in [1.82, 2.24) is 5.32 Å². The van der Waals surface area contributed by atoms with Gasteiger partial charge in [-0.2, -0.15) is 0 Å². The number of halogens is 1. The average Bonchev–Trinajstić information content (AvgIpc) is 2.37. The highest BCUT2D eigenvalue weighted by Gasteiger charge is 2.17. The number of primary amides is 1. The number of imide groups is 1. The molecule has 21 heavy (non-hydrogen) atoms. The molecule has 1 atom stereocenters. The van der Waals surface area contributed by atoms with Gasteiger partial charge in [-0.3, -0.25) is 25.0 Å². The number of carbonyl (C=O) groups excluding carboxylic acids is 3. The number of nitrogens with two attached hydrogens (primary N) is 1. The molecule has 1 unspecified atom stereocenters. The topological polar surface area (TPSA) is 144 Å². The van der Waals surface area contributed by atoms with Crippen molar-refractivity contribution in [2.45, 2.75) is 11.8 Å². The number of amides is 4. The lowest BCUT2D eigenvalue weighted by molar-refractivity contribution is -0.384. The molecule has 10 heteroatoms. The Kier molecular flexibility index (Phi) is 5.36. The number of non-ortho nitro benzene ring substituents is 1. The molecule has 0 aliphatic heterocycles. The van der Waals surface area contributed by atoms with Crippen LogP contribution in [0.4, 0.5) is 16.2 Å². The Hall–Kier alpha value is -2.49. The maximum Gasteiger partial charge on any atom is 0.319 e. The highest BCUT2D eigenvalue weighted by Crippen LogP contribution is 2.21. The van der Waals surface area contributed by atoms with Gasteiger partial charge in [0, 0.05) is 23.4 Å². The number of anilines is 1. The van der Waals surface area contributed by atoms with E-state index in [0.29, 0.717) is 0 Å². The molecule has 1 rings (SSSR count). The molecule has 0 aliphatic carbocycles. The van der Waals surface area contributed by atoms with E-state index < -0.39 is 33.3 Å². The van der Waals surface area contributed by atoms with Gasteiger partial charge in [0.15, 0.2) is 0 Å². The van der Waals surface area contributed by atoms with E-state index in [2.05, 4.69) is 21.2 Å². The third-order valence-corrected chi connectivity index (χ3v) is 2.67. The van der Waals surface area contributed by atoms with E-state index >= 15 is 0 Å². The van der Waals surface area contributed by atoms with E-state index in [9.17, 15) is 24.5 Å². The monoisotopic (exact) mass is 358 g/mol. The number of nitro benzene ring substituents is 1. The van der Waals surface area contributed by atoms with Crippen LogP contribution in [0.2, 0.25) is 0 Å². The zero-order chi connectivity index (χ0) is 16.2. The quantitative estimate of drug-likeness (QED) is 0.419. The number of alkyl halides is 1. The van der Waals surface area contributed by atoms with Gasteiger partial charge in [0.2, 0.25) is 5.91 Å². The van der Waals surface area contributed by atoms with E-state index in [-0.39, 0.29) is 11.3 Å². The van der Waals surface area contributed by atoms with Gasteiger partial charge in [-0.25, -0.2) is 4.79 Å². The zero-order valence-corrected chi connectivity index (χ0v) is 12.3. The molecule has 0 heterocycles. The summed E-state index contributed by atoms with van der Waals surface area (Å²) in [6.45, 7) is 1.56. The fourth-order valence-corrected chi connectivity index (χ4v) is 1.46. The largest absolute Gasteiger partial charge is 0.351 e. The summed E-state index contributed by atoms with van der Waals surface area (Å²) < 4.78 is 0. The third-order valence-electron chi connectivity index (χ3n) is 2.26. The predicted molar refractivity (Wildman–Crippen MR) is 77.2 cm³/mol. The molecule has 0 aromatic heterocycles. The molecule has 1 aromatic rings. The number of nitrogens with one attached hydrogen (secondary N) is 2. The number of benzene rings is 1. The molecule has 0 radical (unpaired) electrons. The third kappa shape index (κ3) is 4.84. The summed E-state index contributed by atoms with van der Waals surface area (Å²) in [5.41, 5.74) is 4.26. The van der Waals surface area contributed by atoms with Crippen molar-refractivity contribution in [3.05, 3.63) is 33.9 Å². The fraction of sp³-hybridized carbons (Fsp3) is 0.182. The summed E-state index contributed by atoms with van der Waals surface area (Å²) in [7, 11) is 0. The second kappa shape index (κ2) is 6.79. The van der Waals surface area contributed by atoms with Gasteiger partial charge < -0.3 is 11.1 Å². The van der Waals surface area contributed by atoms with Crippen molar-refractivity contribution in [1.29, 1.82) is 0 Å². The molecule has 0 saturated carbocycles. The number of nitro groups is 1. The molecular weight excluding hydrogens is 348 g/mol. The van der Waals surface area contributed by atoms with E-state index in [4.69, 9.17) is 5.73 Å². The van der Waals surface area contributed by atoms with Gasteiger partial charge in [-0.05, 0) is 13.0 Å². The van der Waals surface area contributed by atoms with E-state index in [1.807, 2.05) is 0 Å². The molecule has 4 N–H and O–H groups in total. The number of hydrogen-bond acceptors (Lipinski definition) is 5. The molecule has 9 nitrogen and oxygen atoms in total. The molecule has 0 aliphatic rings. The van der Waals surface area contributed by atoms with Crippen molar-refractivity contribution < 1.29 is 19.3 Å². The van der Waals surface area contributed by atoms with Gasteiger partial charge >= 0.3 is 6.03 Å². The van der Waals surface area contributed by atoms with Crippen LogP contribution in [0.1, 0.15) is 17.3 Å². The van der Waals surface area contributed by atoms with Gasteiger partial charge in [-0.1, -0.05) is 15.9 Å². The summed E-state index contributed by atoms with van der Waals surface area (Å²) in [4.78, 5) is 43.4. The number of urea groups is 1. The SMILES string of the molecule is CC(Br)C(=O)Nc1cc(C(=O)NC(N)=O)cc([N+](=O)[O-])c1. The number of nitrogens with zero attached hydrogens (tertiary/aromatic N) is 1. The summed E-state index contributed by atoms with van der Waals surface area (Å²) in [5, 5.41) is 15.0. The van der Waals surface area contributed by atoms with Gasteiger partial charge in [-0.15, -0.1) is 0 Å². The van der Waals surface area contributed by atoms with Crippen molar-refractivity contribution in [3.63, 3.8) is 0 Å². The van der Waals surface area contributed by atoms with Crippen LogP contribution in [0.25, 0.3) is 0 Å². The summed E-state index contributed by atoms with van der Waals surface area (Å²) in [6, 6.07) is 2.16. The minimum absolute atomic E-state index is 0.0510. The van der Waals surface area contributed by atoms with Gasteiger partial charge in [0.05, 0.1) is 9.75 Å². The van der Waals surface area contributed by atoms with E-state index in [0.717, 1.165) is 12.1 Å². The maximum absolute atomic E-state index is 11.6. The molecule has 112 valence electrons. The Morgan fingerprint density at radius 2 is 1.95 bits per heavy atom. The first-order valence-electron chi connectivity index (χ1n) is 5.56. The van der Waals surface area contributed by atoms with Crippen LogP contribution in [-0.2, 0) is 4.79 Å². The average molecular weight is 359 g/mol. The number of rotatable bonds is 4. The van der Waals surface area contributed by atoms with E-state index in [1.165, 1.54) is 6.07 Å². The molecule has 0 spiro atoms. The fourth-order valence-electron chi connectivity index (χ4n) is 1.35. The van der Waals surface area contributed by atoms with Crippen molar-refractivity contribution in [3.8, 4) is 0 Å². The Morgan fingerprint density at radius 1 is 1.33 bits per heavy atom. The first kappa shape index (κ1) is 16.6.